The van der Waals surface area contributed by atoms with Crippen LogP contribution < -0.4 is 5.32 Å². The van der Waals surface area contributed by atoms with Crippen LogP contribution in [0.1, 0.15) is 72.7 Å². The number of phenols is 1. The number of carbonyl (C=O) groups is 3. The topological polar surface area (TPSA) is 118 Å². The van der Waals surface area contributed by atoms with Crippen molar-refractivity contribution in [1.82, 2.24) is 9.88 Å². The van der Waals surface area contributed by atoms with Gasteiger partial charge in [-0.05, 0) is 42.7 Å². The minimum Gasteiger partial charge on any atom is -0.507 e. The molecule has 3 aromatic rings. The molecular formula is C32H37F3N2O6. The van der Waals surface area contributed by atoms with Crippen molar-refractivity contribution >= 4 is 28.6 Å². The van der Waals surface area contributed by atoms with Gasteiger partial charge in [0.2, 0.25) is 5.91 Å². The van der Waals surface area contributed by atoms with Gasteiger partial charge in [-0.3, -0.25) is 9.59 Å². The molecule has 2 aromatic carbocycles. The molecule has 8 nitrogen and oxygen atoms in total. The summed E-state index contributed by atoms with van der Waals surface area (Å²) in [5.41, 5.74) is -1.76. The second-order valence-corrected chi connectivity index (χ2v) is 11.7. The van der Waals surface area contributed by atoms with E-state index >= 15 is 0 Å². The number of Topliss-reactive ketones (excluding diaryl/α,β-unsaturated/α-hetero) is 1. The van der Waals surface area contributed by atoms with Gasteiger partial charge in [0, 0.05) is 37.0 Å². The van der Waals surface area contributed by atoms with Crippen LogP contribution in [0, 0.1) is 17.8 Å². The Balaban J connectivity index is 1.60. The number of alkyl halides is 3. The first-order chi connectivity index (χ1) is 20.2. The zero-order chi connectivity index (χ0) is 31.6. The molecule has 3 atom stereocenters. The quantitative estimate of drug-likeness (QED) is 0.230. The van der Waals surface area contributed by atoms with Gasteiger partial charge in [0.05, 0.1) is 28.4 Å². The Kier molecular flexibility index (Phi) is 9.54. The van der Waals surface area contributed by atoms with Crippen LogP contribution in [0.5, 0.6) is 5.75 Å². The van der Waals surface area contributed by atoms with Crippen molar-refractivity contribution in [2.24, 2.45) is 24.8 Å². The van der Waals surface area contributed by atoms with Crippen LogP contribution in [0.25, 0.3) is 22.2 Å². The molecule has 3 N–H and O–H groups in total. The molecule has 11 heteroatoms. The number of ether oxygens (including phenoxy) is 1. The summed E-state index contributed by atoms with van der Waals surface area (Å²) < 4.78 is 49.3. The van der Waals surface area contributed by atoms with Crippen LogP contribution in [0.3, 0.4) is 0 Å². The fourth-order valence-corrected chi connectivity index (χ4v) is 6.16. The van der Waals surface area contributed by atoms with E-state index in [1.807, 2.05) is 0 Å². The third-order valence-corrected chi connectivity index (χ3v) is 8.38. The number of ketones is 1. The number of nitrogens with zero attached hydrogens (tertiary/aromatic N) is 1. The number of rotatable bonds is 10. The predicted octanol–water partition coefficient (Wildman–Crippen LogP) is 6.43. The van der Waals surface area contributed by atoms with Crippen LogP contribution in [0.4, 0.5) is 13.2 Å². The molecule has 0 bridgehead atoms. The number of aromatic nitrogens is 1. The Morgan fingerprint density at radius 3 is 2.49 bits per heavy atom. The van der Waals surface area contributed by atoms with Crippen LogP contribution in [0.2, 0.25) is 0 Å². The van der Waals surface area contributed by atoms with Gasteiger partial charge in [-0.2, -0.15) is 13.2 Å². The van der Waals surface area contributed by atoms with E-state index in [-0.39, 0.29) is 53.4 Å². The molecule has 1 heterocycles. The smallest absolute Gasteiger partial charge is 0.417 e. The minimum atomic E-state index is -4.74. The van der Waals surface area contributed by atoms with E-state index in [0.717, 1.165) is 37.5 Å². The average Bonchev–Trinajstić information content (AvgIpc) is 3.21. The predicted molar refractivity (Wildman–Crippen MR) is 155 cm³/mol. The number of carboxylic acid groups (broad SMARTS) is 1. The first-order valence-corrected chi connectivity index (χ1v) is 14.4. The van der Waals surface area contributed by atoms with Crippen molar-refractivity contribution in [2.45, 2.75) is 58.7 Å². The van der Waals surface area contributed by atoms with Crippen molar-refractivity contribution in [3.63, 3.8) is 0 Å². The molecule has 0 aliphatic heterocycles. The highest BCUT2D eigenvalue weighted by Crippen LogP contribution is 2.42. The highest BCUT2D eigenvalue weighted by atomic mass is 19.4. The van der Waals surface area contributed by atoms with Crippen molar-refractivity contribution in [1.29, 1.82) is 0 Å². The summed E-state index contributed by atoms with van der Waals surface area (Å²) in [4.78, 5) is 38.0. The van der Waals surface area contributed by atoms with Gasteiger partial charge >= 0.3 is 12.1 Å². The maximum atomic E-state index is 14.0. The minimum absolute atomic E-state index is 0.0390. The molecule has 0 radical (unpaired) electrons. The molecule has 0 unspecified atom stereocenters. The highest BCUT2D eigenvalue weighted by molar-refractivity contribution is 6.15. The van der Waals surface area contributed by atoms with Gasteiger partial charge in [-0.25, -0.2) is 4.79 Å². The zero-order valence-electron chi connectivity index (χ0n) is 24.6. The number of carboxylic acids is 1. The number of aromatic hydroxyl groups is 1. The van der Waals surface area contributed by atoms with E-state index in [0.29, 0.717) is 17.8 Å². The van der Waals surface area contributed by atoms with E-state index in [9.17, 15) is 37.8 Å². The Morgan fingerprint density at radius 1 is 1.14 bits per heavy atom. The Bertz CT molecular complexity index is 1530. The summed E-state index contributed by atoms with van der Waals surface area (Å²) in [6, 6.07) is 6.99. The number of hydrogen-bond acceptors (Lipinski definition) is 5. The molecule has 0 spiro atoms. The number of aromatic carboxylic acids is 1. The highest BCUT2D eigenvalue weighted by Gasteiger charge is 2.36. The van der Waals surface area contributed by atoms with Gasteiger partial charge in [-0.1, -0.05) is 45.4 Å². The van der Waals surface area contributed by atoms with Crippen molar-refractivity contribution in [3.05, 3.63) is 53.1 Å². The summed E-state index contributed by atoms with van der Waals surface area (Å²) in [5.74, 6) is -1.78. The first kappa shape index (κ1) is 32.1. The van der Waals surface area contributed by atoms with E-state index in [1.54, 1.807) is 0 Å². The van der Waals surface area contributed by atoms with Crippen LogP contribution >= 0.6 is 0 Å². The fourth-order valence-electron chi connectivity index (χ4n) is 6.16. The molecule has 0 saturated heterocycles. The Morgan fingerprint density at radius 2 is 1.84 bits per heavy atom. The first-order valence-electron chi connectivity index (χ1n) is 14.4. The van der Waals surface area contributed by atoms with Gasteiger partial charge in [0.25, 0.3) is 0 Å². The number of amides is 1. The summed E-state index contributed by atoms with van der Waals surface area (Å²) in [6.45, 7) is 6.16. The van der Waals surface area contributed by atoms with Gasteiger partial charge < -0.3 is 24.8 Å². The summed E-state index contributed by atoms with van der Waals surface area (Å²) in [6.07, 6.45) is -2.01. The summed E-state index contributed by atoms with van der Waals surface area (Å²) >= 11 is 0. The molecule has 1 fully saturated rings. The lowest BCUT2D eigenvalue weighted by molar-refractivity contribution is -0.137. The average molecular weight is 603 g/mol. The Hall–Kier alpha value is -3.86. The van der Waals surface area contributed by atoms with E-state index < -0.39 is 40.7 Å². The standard InChI is InChI=1S/C32H37F3N2O6/c1-17(2)19-10-9-18(3)13-27(19)43-16-28(40)36-12-11-25(38)29-21-14-22(31(41)42)26(39)15-24(21)37(4)30(29)20-7-5-6-8-23(20)32(33,34)35/h5-8,14-15,17-19,27,39H,9-13,16H2,1-4H3,(H,36,40)(H,41,42)/t18-,19+,27-/m0/s1. The molecular weight excluding hydrogens is 565 g/mol. The molecule has 43 heavy (non-hydrogen) atoms. The summed E-state index contributed by atoms with van der Waals surface area (Å²) in [5, 5.41) is 22.6. The lowest BCUT2D eigenvalue weighted by atomic mass is 9.75. The van der Waals surface area contributed by atoms with Crippen molar-refractivity contribution in [2.75, 3.05) is 13.2 Å². The summed E-state index contributed by atoms with van der Waals surface area (Å²) in [7, 11) is 1.44. The number of nitrogens with one attached hydrogen (secondary N) is 1. The van der Waals surface area contributed by atoms with Crippen molar-refractivity contribution in [3.8, 4) is 17.0 Å². The third-order valence-electron chi connectivity index (χ3n) is 8.38. The fraction of sp³-hybridized carbons (Fsp3) is 0.469. The number of fused-ring (bicyclic) bond motifs is 1. The third kappa shape index (κ3) is 6.87. The van der Waals surface area contributed by atoms with Crippen LogP contribution in [0.15, 0.2) is 36.4 Å². The molecule has 232 valence electrons. The maximum absolute atomic E-state index is 14.0. The van der Waals surface area contributed by atoms with Crippen molar-refractivity contribution < 1.29 is 42.5 Å². The number of hydrogen-bond donors (Lipinski definition) is 3. The molecule has 1 amide bonds. The lowest BCUT2D eigenvalue weighted by Crippen LogP contribution is -2.38. The molecule has 1 aliphatic carbocycles. The van der Waals surface area contributed by atoms with Gasteiger partial charge in [-0.15, -0.1) is 0 Å². The lowest BCUT2D eigenvalue weighted by Gasteiger charge is -2.37. The number of halogens is 3. The molecule has 1 saturated carbocycles. The number of aryl methyl sites for hydroxylation is 1. The van der Waals surface area contributed by atoms with Gasteiger partial charge in [0.1, 0.15) is 17.9 Å². The zero-order valence-corrected chi connectivity index (χ0v) is 24.6. The van der Waals surface area contributed by atoms with E-state index in [4.69, 9.17) is 4.74 Å². The second-order valence-electron chi connectivity index (χ2n) is 11.7. The normalized spacial score (nSPS) is 19.1. The van der Waals surface area contributed by atoms with Crippen LogP contribution in [-0.2, 0) is 22.8 Å². The largest absolute Gasteiger partial charge is 0.507 e. The molecule has 4 rings (SSSR count). The van der Waals surface area contributed by atoms with E-state index in [1.165, 1.54) is 29.8 Å². The SMILES string of the molecule is CC(C)[C@H]1CC[C@H](C)C[C@@H]1OCC(=O)NCCC(=O)c1c(-c2ccccc2C(F)(F)F)n(C)c2cc(O)c(C(=O)O)cc12. The monoisotopic (exact) mass is 602 g/mol. The van der Waals surface area contributed by atoms with Crippen LogP contribution in [-0.4, -0.2) is 51.7 Å². The molecule has 1 aromatic heterocycles. The second kappa shape index (κ2) is 12.8. The maximum Gasteiger partial charge on any atom is 0.417 e. The van der Waals surface area contributed by atoms with E-state index in [2.05, 4.69) is 26.1 Å². The Labute approximate surface area is 247 Å². The number of carbonyl (C=O) groups excluding carboxylic acids is 2. The van der Waals surface area contributed by atoms with Gasteiger partial charge in [0.15, 0.2) is 5.78 Å². The number of benzene rings is 2. The molecule has 1 aliphatic rings.